The van der Waals surface area contributed by atoms with Crippen LogP contribution < -0.4 is 10.1 Å². The van der Waals surface area contributed by atoms with Gasteiger partial charge in [-0.05, 0) is 32.0 Å². The molecule has 6 nitrogen and oxygen atoms in total. The quantitative estimate of drug-likeness (QED) is 0.855. The Hall–Kier alpha value is -1.89. The highest BCUT2D eigenvalue weighted by Crippen LogP contribution is 2.28. The minimum absolute atomic E-state index is 0.0407. The van der Waals surface area contributed by atoms with E-state index in [1.807, 2.05) is 25.6 Å². The molecule has 2 rings (SSSR count). The van der Waals surface area contributed by atoms with Gasteiger partial charge in [-0.15, -0.1) is 0 Å². The largest absolute Gasteiger partial charge is 0.489 e. The molecular formula is C16H22N2O4S. The molecule has 0 unspecified atom stereocenters. The van der Waals surface area contributed by atoms with E-state index in [1.54, 1.807) is 23.1 Å². The van der Waals surface area contributed by atoms with E-state index in [-0.39, 0.29) is 12.1 Å². The lowest BCUT2D eigenvalue weighted by atomic mass is 10.2. The van der Waals surface area contributed by atoms with Crippen LogP contribution in [0.15, 0.2) is 18.2 Å². The summed E-state index contributed by atoms with van der Waals surface area (Å²) in [6.45, 7) is 5.24. The topological polar surface area (TPSA) is 67.9 Å². The van der Waals surface area contributed by atoms with E-state index in [0.29, 0.717) is 30.1 Å². The molecule has 1 N–H and O–H groups in total. The van der Waals surface area contributed by atoms with Crippen molar-refractivity contribution in [2.24, 2.45) is 0 Å². The predicted octanol–water partition coefficient (Wildman–Crippen LogP) is 2.84. The summed E-state index contributed by atoms with van der Waals surface area (Å²) in [5.41, 5.74) is 0.845. The van der Waals surface area contributed by atoms with Crippen LogP contribution in [-0.2, 0) is 4.74 Å². The Morgan fingerprint density at radius 3 is 2.57 bits per heavy atom. The van der Waals surface area contributed by atoms with Gasteiger partial charge in [0.2, 0.25) is 0 Å². The second kappa shape index (κ2) is 8.10. The van der Waals surface area contributed by atoms with E-state index in [4.69, 9.17) is 9.47 Å². The van der Waals surface area contributed by atoms with Crippen molar-refractivity contribution >= 4 is 29.4 Å². The first kappa shape index (κ1) is 17.5. The summed E-state index contributed by atoms with van der Waals surface area (Å²) in [5.74, 6) is 1.95. The molecule has 1 saturated heterocycles. The van der Waals surface area contributed by atoms with Crippen molar-refractivity contribution in [3.05, 3.63) is 23.8 Å². The van der Waals surface area contributed by atoms with E-state index in [9.17, 15) is 9.59 Å². The Morgan fingerprint density at radius 1 is 1.26 bits per heavy atom. The SMILES string of the molecule is COC(=O)c1ccc(OC(C)C)c(NC(=O)N2CCSCC2)c1. The number of anilines is 1. The second-order valence-electron chi connectivity index (χ2n) is 5.40. The number of carbonyl (C=O) groups excluding carboxylic acids is 2. The molecule has 126 valence electrons. The van der Waals surface area contributed by atoms with Crippen LogP contribution in [-0.4, -0.2) is 54.7 Å². The van der Waals surface area contributed by atoms with Crippen LogP contribution in [0.1, 0.15) is 24.2 Å². The summed E-state index contributed by atoms with van der Waals surface area (Å²) in [6, 6.07) is 4.70. The number of hydrogen-bond acceptors (Lipinski definition) is 5. The first-order valence-electron chi connectivity index (χ1n) is 7.54. The molecule has 0 saturated carbocycles. The molecule has 0 atom stereocenters. The molecule has 1 fully saturated rings. The van der Waals surface area contributed by atoms with E-state index in [1.165, 1.54) is 7.11 Å². The zero-order valence-electron chi connectivity index (χ0n) is 13.6. The molecule has 23 heavy (non-hydrogen) atoms. The Kier molecular flexibility index (Phi) is 6.15. The number of ether oxygens (including phenoxy) is 2. The molecule has 1 heterocycles. The molecule has 0 bridgehead atoms. The number of rotatable bonds is 4. The fraction of sp³-hybridized carbons (Fsp3) is 0.500. The van der Waals surface area contributed by atoms with Crippen molar-refractivity contribution in [2.45, 2.75) is 20.0 Å². The molecule has 0 radical (unpaired) electrons. The Labute approximate surface area is 140 Å². The molecule has 1 aromatic carbocycles. The molecule has 7 heteroatoms. The number of amides is 2. The maximum absolute atomic E-state index is 12.4. The number of methoxy groups -OCH3 is 1. The summed E-state index contributed by atoms with van der Waals surface area (Å²) < 4.78 is 10.4. The average Bonchev–Trinajstić information content (AvgIpc) is 2.56. The highest BCUT2D eigenvalue weighted by atomic mass is 32.2. The van der Waals surface area contributed by atoms with Gasteiger partial charge in [-0.1, -0.05) is 0 Å². The molecule has 2 amide bonds. The highest BCUT2D eigenvalue weighted by molar-refractivity contribution is 7.99. The maximum Gasteiger partial charge on any atom is 0.337 e. The van der Waals surface area contributed by atoms with Crippen molar-refractivity contribution in [3.8, 4) is 5.75 Å². The maximum atomic E-state index is 12.4. The average molecular weight is 338 g/mol. The number of esters is 1. The van der Waals surface area contributed by atoms with Crippen LogP contribution in [0.4, 0.5) is 10.5 Å². The molecule has 0 aromatic heterocycles. The third kappa shape index (κ3) is 4.79. The molecule has 1 aliphatic heterocycles. The Bertz CT molecular complexity index is 571. The Morgan fingerprint density at radius 2 is 1.96 bits per heavy atom. The van der Waals surface area contributed by atoms with Gasteiger partial charge in [-0.3, -0.25) is 0 Å². The van der Waals surface area contributed by atoms with Crippen LogP contribution in [0, 0.1) is 0 Å². The smallest absolute Gasteiger partial charge is 0.337 e. The lowest BCUT2D eigenvalue weighted by Crippen LogP contribution is -2.40. The van der Waals surface area contributed by atoms with Crippen molar-refractivity contribution in [1.82, 2.24) is 4.90 Å². The molecule has 1 aliphatic rings. The normalized spacial score (nSPS) is 14.5. The summed E-state index contributed by atoms with van der Waals surface area (Å²) in [4.78, 5) is 25.9. The zero-order valence-corrected chi connectivity index (χ0v) is 14.4. The van der Waals surface area contributed by atoms with Gasteiger partial charge in [0.15, 0.2) is 0 Å². The lowest BCUT2D eigenvalue weighted by Gasteiger charge is -2.27. The zero-order chi connectivity index (χ0) is 16.8. The fourth-order valence-electron chi connectivity index (χ4n) is 2.19. The summed E-state index contributed by atoms with van der Waals surface area (Å²) in [5, 5.41) is 2.85. The van der Waals surface area contributed by atoms with E-state index >= 15 is 0 Å². The lowest BCUT2D eigenvalue weighted by molar-refractivity contribution is 0.0600. The summed E-state index contributed by atoms with van der Waals surface area (Å²) in [7, 11) is 1.32. The standard InChI is InChI=1S/C16H22N2O4S/c1-11(2)22-14-5-4-12(15(19)21-3)10-13(14)17-16(20)18-6-8-23-9-7-18/h4-5,10-11H,6-9H2,1-3H3,(H,17,20). The first-order chi connectivity index (χ1) is 11.0. The van der Waals surface area contributed by atoms with Crippen LogP contribution in [0.2, 0.25) is 0 Å². The van der Waals surface area contributed by atoms with Crippen molar-refractivity contribution in [1.29, 1.82) is 0 Å². The molecule has 0 spiro atoms. The number of thioether (sulfide) groups is 1. The van der Waals surface area contributed by atoms with Gasteiger partial charge < -0.3 is 19.7 Å². The van der Waals surface area contributed by atoms with Crippen LogP contribution in [0.25, 0.3) is 0 Å². The van der Waals surface area contributed by atoms with Crippen molar-refractivity contribution < 1.29 is 19.1 Å². The van der Waals surface area contributed by atoms with E-state index in [0.717, 1.165) is 11.5 Å². The number of benzene rings is 1. The van der Waals surface area contributed by atoms with Crippen LogP contribution >= 0.6 is 11.8 Å². The molecule has 1 aromatic rings. The van der Waals surface area contributed by atoms with Crippen molar-refractivity contribution in [2.75, 3.05) is 37.0 Å². The summed E-state index contributed by atoms with van der Waals surface area (Å²) >= 11 is 1.84. The number of nitrogens with one attached hydrogen (secondary N) is 1. The fourth-order valence-corrected chi connectivity index (χ4v) is 3.09. The number of hydrogen-bond donors (Lipinski definition) is 1. The monoisotopic (exact) mass is 338 g/mol. The van der Waals surface area contributed by atoms with E-state index < -0.39 is 5.97 Å². The van der Waals surface area contributed by atoms with Gasteiger partial charge in [-0.2, -0.15) is 11.8 Å². The second-order valence-corrected chi connectivity index (χ2v) is 6.62. The van der Waals surface area contributed by atoms with Gasteiger partial charge in [0, 0.05) is 24.6 Å². The van der Waals surface area contributed by atoms with Gasteiger partial charge >= 0.3 is 12.0 Å². The van der Waals surface area contributed by atoms with Gasteiger partial charge in [0.1, 0.15) is 5.75 Å². The third-order valence-corrected chi connectivity index (χ3v) is 4.25. The number of nitrogens with zero attached hydrogens (tertiary/aromatic N) is 1. The van der Waals surface area contributed by atoms with Crippen molar-refractivity contribution in [3.63, 3.8) is 0 Å². The van der Waals surface area contributed by atoms with Gasteiger partial charge in [0.25, 0.3) is 0 Å². The predicted molar refractivity (Wildman–Crippen MR) is 91.5 cm³/mol. The molecular weight excluding hydrogens is 316 g/mol. The number of urea groups is 1. The third-order valence-electron chi connectivity index (χ3n) is 3.30. The van der Waals surface area contributed by atoms with Gasteiger partial charge in [-0.25, -0.2) is 9.59 Å². The number of carbonyl (C=O) groups is 2. The van der Waals surface area contributed by atoms with Crippen LogP contribution in [0.3, 0.4) is 0 Å². The Balaban J connectivity index is 2.21. The first-order valence-corrected chi connectivity index (χ1v) is 8.69. The summed E-state index contributed by atoms with van der Waals surface area (Å²) in [6.07, 6.45) is -0.0407. The van der Waals surface area contributed by atoms with Gasteiger partial charge in [0.05, 0.1) is 24.5 Å². The highest BCUT2D eigenvalue weighted by Gasteiger charge is 2.19. The van der Waals surface area contributed by atoms with Crippen LogP contribution in [0.5, 0.6) is 5.75 Å². The minimum atomic E-state index is -0.453. The minimum Gasteiger partial charge on any atom is -0.489 e. The van der Waals surface area contributed by atoms with E-state index in [2.05, 4.69) is 5.32 Å². The molecule has 0 aliphatic carbocycles.